The van der Waals surface area contributed by atoms with Crippen molar-refractivity contribution in [3.8, 4) is 17.2 Å². The quantitative estimate of drug-likeness (QED) is 0.868. The van der Waals surface area contributed by atoms with Crippen molar-refractivity contribution in [2.24, 2.45) is 17.3 Å². The second-order valence-corrected chi connectivity index (χ2v) is 8.08. The molecule has 0 aromatic heterocycles. The van der Waals surface area contributed by atoms with Crippen molar-refractivity contribution in [1.29, 1.82) is 0 Å². The molecular formula is C20H28O4. The van der Waals surface area contributed by atoms with Gasteiger partial charge < -0.3 is 19.7 Å². The van der Waals surface area contributed by atoms with E-state index in [-0.39, 0.29) is 17.3 Å². The first-order valence-corrected chi connectivity index (χ1v) is 9.16. The van der Waals surface area contributed by atoms with Gasteiger partial charge in [-0.25, -0.2) is 0 Å². The van der Waals surface area contributed by atoms with Gasteiger partial charge in [-0.15, -0.1) is 0 Å². The molecule has 0 bridgehead atoms. The zero-order valence-electron chi connectivity index (χ0n) is 14.8. The molecule has 1 aromatic carbocycles. The zero-order chi connectivity index (χ0) is 17.1. The minimum Gasteiger partial charge on any atom is -0.502 e. The van der Waals surface area contributed by atoms with Gasteiger partial charge in [0.05, 0.1) is 20.3 Å². The lowest BCUT2D eigenvalue weighted by atomic mass is 9.55. The smallest absolute Gasteiger partial charge is 0.201 e. The molecule has 4 rings (SSSR count). The van der Waals surface area contributed by atoms with Gasteiger partial charge in [0.1, 0.15) is 0 Å². The number of ether oxygens (including phenoxy) is 2. The number of hydrogen-bond acceptors (Lipinski definition) is 4. The van der Waals surface area contributed by atoms with Crippen LogP contribution in [0, 0.1) is 17.3 Å². The van der Waals surface area contributed by atoms with E-state index in [0.29, 0.717) is 29.3 Å². The minimum atomic E-state index is -0.145. The number of phenols is 1. The Kier molecular flexibility index (Phi) is 3.72. The monoisotopic (exact) mass is 332 g/mol. The van der Waals surface area contributed by atoms with Crippen molar-refractivity contribution in [3.63, 3.8) is 0 Å². The first-order chi connectivity index (χ1) is 11.5. The molecule has 4 heteroatoms. The van der Waals surface area contributed by atoms with Gasteiger partial charge in [0, 0.05) is 5.56 Å². The van der Waals surface area contributed by atoms with Crippen LogP contribution in [0.2, 0.25) is 0 Å². The second kappa shape index (κ2) is 5.55. The average Bonchev–Trinajstić information content (AvgIpc) is 2.89. The van der Waals surface area contributed by atoms with Gasteiger partial charge in [-0.05, 0) is 73.3 Å². The van der Waals surface area contributed by atoms with Crippen LogP contribution in [0.3, 0.4) is 0 Å². The molecule has 0 aliphatic heterocycles. The van der Waals surface area contributed by atoms with Crippen LogP contribution in [-0.2, 0) is 6.42 Å². The van der Waals surface area contributed by atoms with Crippen LogP contribution in [0.15, 0.2) is 6.07 Å². The molecule has 2 N–H and O–H groups in total. The normalized spacial score (nSPS) is 37.3. The fourth-order valence-corrected chi connectivity index (χ4v) is 6.01. The Morgan fingerprint density at radius 2 is 1.92 bits per heavy atom. The number of benzene rings is 1. The summed E-state index contributed by atoms with van der Waals surface area (Å²) in [5.74, 6) is 2.92. The third kappa shape index (κ3) is 2.01. The number of phenolic OH excluding ortho intramolecular Hbond substituents is 1. The van der Waals surface area contributed by atoms with Gasteiger partial charge in [0.25, 0.3) is 0 Å². The molecule has 3 aliphatic rings. The Bertz CT molecular complexity index is 656. The first kappa shape index (κ1) is 16.1. The molecule has 2 fully saturated rings. The van der Waals surface area contributed by atoms with Crippen molar-refractivity contribution in [1.82, 2.24) is 0 Å². The van der Waals surface area contributed by atoms with Gasteiger partial charge in [-0.1, -0.05) is 6.92 Å². The summed E-state index contributed by atoms with van der Waals surface area (Å²) in [6, 6.07) is 2.03. The summed E-state index contributed by atoms with van der Waals surface area (Å²) >= 11 is 0. The Morgan fingerprint density at radius 3 is 2.62 bits per heavy atom. The van der Waals surface area contributed by atoms with Gasteiger partial charge in [-0.2, -0.15) is 0 Å². The minimum absolute atomic E-state index is 0.0871. The molecule has 0 spiro atoms. The van der Waals surface area contributed by atoms with E-state index >= 15 is 0 Å². The van der Waals surface area contributed by atoms with Crippen molar-refractivity contribution in [3.05, 3.63) is 17.2 Å². The van der Waals surface area contributed by atoms with Crippen molar-refractivity contribution in [2.75, 3.05) is 14.2 Å². The molecular weight excluding hydrogens is 304 g/mol. The van der Waals surface area contributed by atoms with E-state index in [0.717, 1.165) is 44.1 Å². The maximum atomic E-state index is 10.5. The Balaban J connectivity index is 1.77. The molecule has 1 aromatic rings. The van der Waals surface area contributed by atoms with E-state index < -0.39 is 0 Å². The van der Waals surface area contributed by atoms with E-state index in [1.165, 1.54) is 5.56 Å². The summed E-state index contributed by atoms with van der Waals surface area (Å²) in [5.41, 5.74) is 2.53. The highest BCUT2D eigenvalue weighted by Gasteiger charge is 2.54. The molecule has 24 heavy (non-hydrogen) atoms. The average molecular weight is 332 g/mol. The van der Waals surface area contributed by atoms with Crippen molar-refractivity contribution >= 4 is 0 Å². The topological polar surface area (TPSA) is 58.9 Å². The van der Waals surface area contributed by atoms with Crippen LogP contribution in [0.1, 0.15) is 56.1 Å². The van der Waals surface area contributed by atoms with Gasteiger partial charge in [0.15, 0.2) is 11.5 Å². The highest BCUT2D eigenvalue weighted by atomic mass is 16.5. The largest absolute Gasteiger partial charge is 0.502 e. The van der Waals surface area contributed by atoms with E-state index in [4.69, 9.17) is 9.47 Å². The lowest BCUT2D eigenvalue weighted by Crippen LogP contribution is -2.44. The third-order valence-electron chi connectivity index (χ3n) is 7.30. The van der Waals surface area contributed by atoms with Crippen LogP contribution < -0.4 is 9.47 Å². The maximum absolute atomic E-state index is 10.5. The summed E-state index contributed by atoms with van der Waals surface area (Å²) in [6.07, 6.45) is 6.16. The van der Waals surface area contributed by atoms with Crippen LogP contribution in [0.4, 0.5) is 0 Å². The third-order valence-corrected chi connectivity index (χ3v) is 7.30. The predicted molar refractivity (Wildman–Crippen MR) is 91.8 cm³/mol. The first-order valence-electron chi connectivity index (χ1n) is 9.16. The number of aliphatic hydroxyl groups excluding tert-OH is 1. The summed E-state index contributed by atoms with van der Waals surface area (Å²) in [7, 11) is 3.21. The standard InChI is InChI=1S/C20H28O4/c1-20-9-8-11-12(15(20)6-7-17(20)21)4-5-13-14(11)10-16(23-2)18(22)19(13)24-3/h10-12,15,17,21-22H,4-9H2,1-3H3/t11-,12+,15-,17?,20-/m0/s1. The Hall–Kier alpha value is -1.42. The Morgan fingerprint density at radius 1 is 1.12 bits per heavy atom. The SMILES string of the molecule is COc1cc2c(c(OC)c1O)CC[C@@H]1[C@@H]2CC[C@]2(C)C(O)CC[C@@H]12. The fourth-order valence-electron chi connectivity index (χ4n) is 6.01. The molecule has 3 aliphatic carbocycles. The summed E-state index contributed by atoms with van der Waals surface area (Å²) < 4.78 is 10.9. The Labute approximate surface area is 143 Å². The number of methoxy groups -OCH3 is 2. The molecule has 0 radical (unpaired) electrons. The van der Waals surface area contributed by atoms with Crippen LogP contribution in [0.25, 0.3) is 0 Å². The fraction of sp³-hybridized carbons (Fsp3) is 0.700. The summed E-state index contributed by atoms with van der Waals surface area (Å²) in [4.78, 5) is 0. The predicted octanol–water partition coefficient (Wildman–Crippen LogP) is 3.63. The van der Waals surface area contributed by atoms with Crippen molar-refractivity contribution in [2.45, 2.75) is 57.5 Å². The highest BCUT2D eigenvalue weighted by molar-refractivity contribution is 5.60. The zero-order valence-corrected chi connectivity index (χ0v) is 14.8. The summed E-state index contributed by atoms with van der Waals surface area (Å²) in [6.45, 7) is 2.29. The van der Waals surface area contributed by atoms with E-state index in [9.17, 15) is 10.2 Å². The van der Waals surface area contributed by atoms with Gasteiger partial charge >= 0.3 is 0 Å². The lowest BCUT2D eigenvalue weighted by Gasteiger charge is -2.50. The lowest BCUT2D eigenvalue weighted by molar-refractivity contribution is -0.0227. The second-order valence-electron chi connectivity index (χ2n) is 8.08. The molecule has 2 saturated carbocycles. The van der Waals surface area contributed by atoms with E-state index in [2.05, 4.69) is 6.92 Å². The molecule has 0 saturated heterocycles. The van der Waals surface area contributed by atoms with Gasteiger partial charge in [-0.3, -0.25) is 0 Å². The molecule has 1 unspecified atom stereocenters. The number of hydrogen-bond donors (Lipinski definition) is 2. The highest BCUT2D eigenvalue weighted by Crippen LogP contribution is 2.62. The van der Waals surface area contributed by atoms with Crippen molar-refractivity contribution < 1.29 is 19.7 Å². The molecule has 5 atom stereocenters. The van der Waals surface area contributed by atoms with Gasteiger partial charge in [0.2, 0.25) is 5.75 Å². The number of fused-ring (bicyclic) bond motifs is 5. The number of aliphatic hydroxyl groups is 1. The van der Waals surface area contributed by atoms with Crippen LogP contribution >= 0.6 is 0 Å². The number of rotatable bonds is 2. The molecule has 0 heterocycles. The van der Waals surface area contributed by atoms with E-state index in [1.807, 2.05) is 6.07 Å². The summed E-state index contributed by atoms with van der Waals surface area (Å²) in [5, 5.41) is 20.9. The number of aromatic hydroxyl groups is 1. The van der Waals surface area contributed by atoms with E-state index in [1.54, 1.807) is 14.2 Å². The molecule has 0 amide bonds. The molecule has 4 nitrogen and oxygen atoms in total. The van der Waals surface area contributed by atoms with Crippen LogP contribution in [-0.4, -0.2) is 30.5 Å². The maximum Gasteiger partial charge on any atom is 0.201 e. The van der Waals surface area contributed by atoms with Crippen LogP contribution in [0.5, 0.6) is 17.2 Å². The molecule has 132 valence electrons.